The van der Waals surface area contributed by atoms with Crippen LogP contribution in [0.2, 0.25) is 0 Å². The number of nitrogens with zero attached hydrogens (tertiary/aromatic N) is 2. The molecule has 0 saturated carbocycles. The molecule has 2 heterocycles. The highest BCUT2D eigenvalue weighted by atomic mass is 16.5. The minimum Gasteiger partial charge on any atom is -0.375 e. The Morgan fingerprint density at radius 1 is 1.40 bits per heavy atom. The summed E-state index contributed by atoms with van der Waals surface area (Å²) in [5.41, 5.74) is 1.05. The van der Waals surface area contributed by atoms with E-state index in [4.69, 9.17) is 4.74 Å². The highest BCUT2D eigenvalue weighted by Gasteiger charge is 2.12. The maximum absolute atomic E-state index is 5.77. The van der Waals surface area contributed by atoms with Crippen molar-refractivity contribution in [1.82, 2.24) is 15.1 Å². The second kappa shape index (κ2) is 8.42. The predicted molar refractivity (Wildman–Crippen MR) is 81.8 cm³/mol. The van der Waals surface area contributed by atoms with Gasteiger partial charge in [0.2, 0.25) is 0 Å². The van der Waals surface area contributed by atoms with Crippen LogP contribution < -0.4 is 5.32 Å². The summed E-state index contributed by atoms with van der Waals surface area (Å²) in [5, 5.41) is 8.16. The molecule has 1 unspecified atom stereocenters. The molecule has 1 aromatic heterocycles. The normalized spacial score (nSPS) is 19.6. The third-order valence-corrected chi connectivity index (χ3v) is 4.25. The summed E-state index contributed by atoms with van der Waals surface area (Å²) in [5.74, 6) is 0. The molecule has 114 valence electrons. The molecule has 1 atom stereocenters. The zero-order valence-electron chi connectivity index (χ0n) is 13.0. The van der Waals surface area contributed by atoms with Gasteiger partial charge in [-0.3, -0.25) is 4.68 Å². The van der Waals surface area contributed by atoms with E-state index >= 15 is 0 Å². The molecule has 0 bridgehead atoms. The van der Waals surface area contributed by atoms with Crippen LogP contribution in [0.5, 0.6) is 0 Å². The summed E-state index contributed by atoms with van der Waals surface area (Å²) < 4.78 is 7.85. The van der Waals surface area contributed by atoms with Gasteiger partial charge in [-0.05, 0) is 44.7 Å². The lowest BCUT2D eigenvalue weighted by Gasteiger charge is -2.23. The fourth-order valence-electron chi connectivity index (χ4n) is 2.89. The Labute approximate surface area is 122 Å². The van der Waals surface area contributed by atoms with Gasteiger partial charge in [0.25, 0.3) is 0 Å². The third kappa shape index (κ3) is 4.60. The van der Waals surface area contributed by atoms with E-state index < -0.39 is 0 Å². The summed E-state index contributed by atoms with van der Waals surface area (Å²) in [6.07, 6.45) is 9.44. The number of hydrogen-bond donors (Lipinski definition) is 1. The van der Waals surface area contributed by atoms with Crippen LogP contribution in [0.15, 0.2) is 12.3 Å². The zero-order chi connectivity index (χ0) is 14.2. The zero-order valence-corrected chi connectivity index (χ0v) is 13.0. The van der Waals surface area contributed by atoms with Crippen molar-refractivity contribution in [2.45, 2.75) is 71.1 Å². The van der Waals surface area contributed by atoms with Crippen molar-refractivity contribution in [3.8, 4) is 0 Å². The van der Waals surface area contributed by atoms with Crippen molar-refractivity contribution in [3.63, 3.8) is 0 Å². The predicted octanol–water partition coefficient (Wildman–Crippen LogP) is 3.29. The molecule has 1 fully saturated rings. The molecule has 1 aliphatic rings. The van der Waals surface area contributed by atoms with Gasteiger partial charge in [0.05, 0.1) is 18.3 Å². The molecule has 1 N–H and O–H groups in total. The lowest BCUT2D eigenvalue weighted by molar-refractivity contribution is 0.105. The number of aromatic nitrogens is 2. The Hall–Kier alpha value is -0.870. The molecular weight excluding hydrogens is 250 g/mol. The van der Waals surface area contributed by atoms with Crippen LogP contribution in [0.1, 0.15) is 64.1 Å². The van der Waals surface area contributed by atoms with Crippen LogP contribution in [-0.4, -0.2) is 29.0 Å². The molecule has 0 spiro atoms. The van der Waals surface area contributed by atoms with E-state index in [0.717, 1.165) is 31.6 Å². The fraction of sp³-hybridized carbons (Fsp3) is 0.812. The maximum Gasteiger partial charge on any atom is 0.0906 e. The lowest BCUT2D eigenvalue weighted by atomic mass is 10.0. The van der Waals surface area contributed by atoms with Crippen molar-refractivity contribution < 1.29 is 4.74 Å². The third-order valence-electron chi connectivity index (χ3n) is 4.25. The van der Waals surface area contributed by atoms with Crippen LogP contribution in [0.25, 0.3) is 0 Å². The number of nitrogens with one attached hydrogen (secondary N) is 1. The van der Waals surface area contributed by atoms with Crippen LogP contribution in [0.3, 0.4) is 0 Å². The van der Waals surface area contributed by atoms with Crippen molar-refractivity contribution >= 4 is 0 Å². The molecule has 0 aliphatic carbocycles. The first kappa shape index (κ1) is 15.5. The summed E-state index contributed by atoms with van der Waals surface area (Å²) >= 11 is 0. The van der Waals surface area contributed by atoms with E-state index in [9.17, 15) is 0 Å². The van der Waals surface area contributed by atoms with Gasteiger partial charge in [-0.1, -0.05) is 20.3 Å². The van der Waals surface area contributed by atoms with Gasteiger partial charge in [-0.25, -0.2) is 0 Å². The lowest BCUT2D eigenvalue weighted by Crippen LogP contribution is -2.34. The molecule has 1 saturated heterocycles. The standard InChI is InChI=1S/C16H29N3O/c1-3-16(4-2)19-11-8-15(18-19)13-20-12-9-14-7-5-6-10-17-14/h8,11,14,16-17H,3-7,9-10,12-13H2,1-2H3. The summed E-state index contributed by atoms with van der Waals surface area (Å²) in [4.78, 5) is 0. The highest BCUT2D eigenvalue weighted by Crippen LogP contribution is 2.15. The van der Waals surface area contributed by atoms with E-state index in [1.54, 1.807) is 0 Å². The highest BCUT2D eigenvalue weighted by molar-refractivity contribution is 4.98. The van der Waals surface area contributed by atoms with E-state index in [2.05, 4.69) is 41.2 Å². The van der Waals surface area contributed by atoms with E-state index in [0.29, 0.717) is 18.7 Å². The summed E-state index contributed by atoms with van der Waals surface area (Å²) in [6.45, 7) is 7.06. The Kier molecular flexibility index (Phi) is 6.54. The maximum atomic E-state index is 5.77. The molecule has 1 aromatic rings. The average molecular weight is 279 g/mol. The monoisotopic (exact) mass is 279 g/mol. The van der Waals surface area contributed by atoms with Gasteiger partial charge in [0.1, 0.15) is 0 Å². The molecule has 4 nitrogen and oxygen atoms in total. The minimum atomic E-state index is 0.523. The van der Waals surface area contributed by atoms with Crippen molar-refractivity contribution in [3.05, 3.63) is 18.0 Å². The Bertz CT molecular complexity index is 368. The second-order valence-electron chi connectivity index (χ2n) is 5.75. The summed E-state index contributed by atoms with van der Waals surface area (Å²) in [6, 6.07) is 3.26. The first-order chi connectivity index (χ1) is 9.83. The van der Waals surface area contributed by atoms with Crippen LogP contribution >= 0.6 is 0 Å². The van der Waals surface area contributed by atoms with E-state index in [1.165, 1.54) is 25.8 Å². The average Bonchev–Trinajstić information content (AvgIpc) is 2.95. The van der Waals surface area contributed by atoms with Gasteiger partial charge in [-0.2, -0.15) is 5.10 Å². The molecule has 0 amide bonds. The first-order valence-electron chi connectivity index (χ1n) is 8.18. The van der Waals surface area contributed by atoms with Gasteiger partial charge >= 0.3 is 0 Å². The molecule has 20 heavy (non-hydrogen) atoms. The summed E-state index contributed by atoms with van der Waals surface area (Å²) in [7, 11) is 0. The van der Waals surface area contributed by atoms with Gasteiger partial charge < -0.3 is 10.1 Å². The van der Waals surface area contributed by atoms with Gasteiger partial charge in [-0.15, -0.1) is 0 Å². The van der Waals surface area contributed by atoms with Crippen LogP contribution in [0.4, 0.5) is 0 Å². The Morgan fingerprint density at radius 2 is 2.25 bits per heavy atom. The fourth-order valence-corrected chi connectivity index (χ4v) is 2.89. The van der Waals surface area contributed by atoms with E-state index in [1.807, 2.05) is 0 Å². The van der Waals surface area contributed by atoms with Gasteiger partial charge in [0, 0.05) is 18.8 Å². The molecule has 2 rings (SSSR count). The molecule has 1 aliphatic heterocycles. The van der Waals surface area contributed by atoms with Crippen LogP contribution in [-0.2, 0) is 11.3 Å². The quantitative estimate of drug-likeness (QED) is 0.742. The van der Waals surface area contributed by atoms with Crippen molar-refractivity contribution in [2.24, 2.45) is 0 Å². The number of hydrogen-bond acceptors (Lipinski definition) is 3. The smallest absolute Gasteiger partial charge is 0.0906 e. The van der Waals surface area contributed by atoms with Crippen molar-refractivity contribution in [2.75, 3.05) is 13.2 Å². The Morgan fingerprint density at radius 3 is 2.95 bits per heavy atom. The molecular formula is C16H29N3O. The minimum absolute atomic E-state index is 0.523. The Balaban J connectivity index is 1.66. The SMILES string of the molecule is CCC(CC)n1ccc(COCCC2CCCCN2)n1. The number of piperidine rings is 1. The largest absolute Gasteiger partial charge is 0.375 e. The molecule has 0 aromatic carbocycles. The van der Waals surface area contributed by atoms with E-state index in [-0.39, 0.29) is 0 Å². The first-order valence-corrected chi connectivity index (χ1v) is 8.18. The van der Waals surface area contributed by atoms with Gasteiger partial charge in [0.15, 0.2) is 0 Å². The number of ether oxygens (including phenoxy) is 1. The van der Waals surface area contributed by atoms with Crippen LogP contribution in [0, 0.1) is 0 Å². The topological polar surface area (TPSA) is 39.1 Å². The second-order valence-corrected chi connectivity index (χ2v) is 5.75. The molecule has 4 heteroatoms. The number of rotatable bonds is 8. The van der Waals surface area contributed by atoms with Crippen molar-refractivity contribution in [1.29, 1.82) is 0 Å². The molecule has 0 radical (unpaired) electrons.